The highest BCUT2D eigenvalue weighted by molar-refractivity contribution is 5.84. The van der Waals surface area contributed by atoms with E-state index in [1.807, 2.05) is 54.6 Å². The Balaban J connectivity index is 1.25. The molecule has 34 heavy (non-hydrogen) atoms. The predicted octanol–water partition coefficient (Wildman–Crippen LogP) is 5.72. The average Bonchev–Trinajstić information content (AvgIpc) is 3.35. The molecule has 0 saturated carbocycles. The van der Waals surface area contributed by atoms with Gasteiger partial charge in [0.25, 0.3) is 5.56 Å². The van der Waals surface area contributed by atoms with Crippen LogP contribution in [0.15, 0.2) is 95.8 Å². The Morgan fingerprint density at radius 2 is 1.65 bits per heavy atom. The molecule has 5 heteroatoms. The van der Waals surface area contributed by atoms with Crippen molar-refractivity contribution in [3.05, 3.63) is 107 Å². The minimum Gasteiger partial charge on any atom is -0.369 e. The minimum absolute atomic E-state index is 0.0216. The first kappa shape index (κ1) is 20.6. The third-order valence-corrected chi connectivity index (χ3v) is 6.73. The SMILES string of the molecule is Nc1nc2cc(-c3ccccc3)ccc2c(=O)n1C[C@H]1CC[C@@H](c2ccc3ccccc3c2)O1. The summed E-state index contributed by atoms with van der Waals surface area (Å²) in [5, 5.41) is 3.00. The molecule has 2 atom stereocenters. The number of nitrogens with zero attached hydrogens (tertiary/aromatic N) is 2. The lowest BCUT2D eigenvalue weighted by atomic mass is 10.0. The van der Waals surface area contributed by atoms with Gasteiger partial charge in [-0.05, 0) is 58.5 Å². The Bertz CT molecular complexity index is 1560. The van der Waals surface area contributed by atoms with Crippen LogP contribution < -0.4 is 11.3 Å². The number of benzene rings is 4. The molecule has 0 unspecified atom stereocenters. The summed E-state index contributed by atoms with van der Waals surface area (Å²) in [6, 6.07) is 30.6. The molecule has 1 fully saturated rings. The van der Waals surface area contributed by atoms with Crippen molar-refractivity contribution in [1.29, 1.82) is 0 Å². The van der Waals surface area contributed by atoms with Gasteiger partial charge in [-0.3, -0.25) is 9.36 Å². The summed E-state index contributed by atoms with van der Waals surface area (Å²) in [6.07, 6.45) is 1.72. The first-order chi connectivity index (χ1) is 16.7. The Morgan fingerprint density at radius 3 is 2.50 bits per heavy atom. The van der Waals surface area contributed by atoms with Gasteiger partial charge in [0, 0.05) is 0 Å². The fraction of sp³-hybridized carbons (Fsp3) is 0.172. The van der Waals surface area contributed by atoms with E-state index >= 15 is 0 Å². The van der Waals surface area contributed by atoms with E-state index in [2.05, 4.69) is 41.4 Å². The first-order valence-electron chi connectivity index (χ1n) is 11.7. The number of aromatic nitrogens is 2. The van der Waals surface area contributed by atoms with Crippen molar-refractivity contribution in [3.8, 4) is 11.1 Å². The molecule has 2 heterocycles. The minimum atomic E-state index is -0.125. The lowest BCUT2D eigenvalue weighted by Gasteiger charge is -2.17. The summed E-state index contributed by atoms with van der Waals surface area (Å²) in [6.45, 7) is 0.401. The number of ether oxygens (including phenoxy) is 1. The van der Waals surface area contributed by atoms with E-state index < -0.39 is 0 Å². The van der Waals surface area contributed by atoms with E-state index in [0.29, 0.717) is 17.4 Å². The zero-order valence-electron chi connectivity index (χ0n) is 18.7. The highest BCUT2D eigenvalue weighted by atomic mass is 16.5. The normalized spacial score (nSPS) is 18.0. The van der Waals surface area contributed by atoms with E-state index in [-0.39, 0.29) is 23.7 Å². The molecule has 168 valence electrons. The number of anilines is 1. The first-order valence-corrected chi connectivity index (χ1v) is 11.7. The summed E-state index contributed by atoms with van der Waals surface area (Å²) < 4.78 is 7.91. The van der Waals surface area contributed by atoms with Crippen molar-refractivity contribution in [2.24, 2.45) is 0 Å². The molecule has 0 aliphatic carbocycles. The molecule has 4 aromatic carbocycles. The Labute approximate surface area is 197 Å². The lowest BCUT2D eigenvalue weighted by molar-refractivity contribution is 0.0349. The molecule has 6 rings (SSSR count). The second kappa shape index (κ2) is 8.43. The van der Waals surface area contributed by atoms with Crippen LogP contribution in [-0.4, -0.2) is 15.7 Å². The fourth-order valence-electron chi connectivity index (χ4n) is 4.92. The molecular weight excluding hydrogens is 422 g/mol. The zero-order valence-corrected chi connectivity index (χ0v) is 18.7. The Hall–Kier alpha value is -3.96. The van der Waals surface area contributed by atoms with Crippen LogP contribution in [-0.2, 0) is 11.3 Å². The molecule has 1 saturated heterocycles. The molecule has 0 radical (unpaired) electrons. The summed E-state index contributed by atoms with van der Waals surface area (Å²) >= 11 is 0. The van der Waals surface area contributed by atoms with Gasteiger partial charge in [0.1, 0.15) is 0 Å². The van der Waals surface area contributed by atoms with Gasteiger partial charge in [0.05, 0.1) is 29.7 Å². The van der Waals surface area contributed by atoms with Crippen molar-refractivity contribution in [2.45, 2.75) is 31.6 Å². The van der Waals surface area contributed by atoms with E-state index in [4.69, 9.17) is 10.5 Å². The number of hydrogen-bond acceptors (Lipinski definition) is 4. The van der Waals surface area contributed by atoms with Gasteiger partial charge < -0.3 is 10.5 Å². The van der Waals surface area contributed by atoms with Crippen molar-refractivity contribution < 1.29 is 4.74 Å². The molecule has 0 bridgehead atoms. The van der Waals surface area contributed by atoms with Gasteiger partial charge in [0.15, 0.2) is 0 Å². The van der Waals surface area contributed by atoms with Gasteiger partial charge in [-0.1, -0.05) is 72.8 Å². The highest BCUT2D eigenvalue weighted by Crippen LogP contribution is 2.35. The second-order valence-electron chi connectivity index (χ2n) is 8.91. The van der Waals surface area contributed by atoms with Gasteiger partial charge in [0.2, 0.25) is 5.95 Å². The molecule has 1 aliphatic rings. The maximum atomic E-state index is 13.3. The molecule has 5 nitrogen and oxygen atoms in total. The van der Waals surface area contributed by atoms with Gasteiger partial charge in [-0.2, -0.15) is 0 Å². The van der Waals surface area contributed by atoms with Crippen molar-refractivity contribution >= 4 is 27.6 Å². The average molecular weight is 448 g/mol. The van der Waals surface area contributed by atoms with Crippen molar-refractivity contribution in [1.82, 2.24) is 9.55 Å². The van der Waals surface area contributed by atoms with Crippen LogP contribution in [0.4, 0.5) is 5.95 Å². The quantitative estimate of drug-likeness (QED) is 0.383. The second-order valence-corrected chi connectivity index (χ2v) is 8.91. The molecule has 1 aliphatic heterocycles. The zero-order chi connectivity index (χ0) is 23.1. The number of rotatable bonds is 4. The van der Waals surface area contributed by atoms with Crippen LogP contribution in [0.2, 0.25) is 0 Å². The topological polar surface area (TPSA) is 70.1 Å². The Kier molecular flexibility index (Phi) is 5.12. The van der Waals surface area contributed by atoms with E-state index in [9.17, 15) is 4.79 Å². The molecule has 1 aromatic heterocycles. The number of nitrogen functional groups attached to an aromatic ring is 1. The summed E-state index contributed by atoms with van der Waals surface area (Å²) in [5.41, 5.74) is 10.0. The van der Waals surface area contributed by atoms with Crippen LogP contribution >= 0.6 is 0 Å². The van der Waals surface area contributed by atoms with Crippen LogP contribution in [0, 0.1) is 0 Å². The molecule has 2 N–H and O–H groups in total. The summed E-state index contributed by atoms with van der Waals surface area (Å²) in [4.78, 5) is 17.8. The molecule has 0 spiro atoms. The van der Waals surface area contributed by atoms with Crippen LogP contribution in [0.5, 0.6) is 0 Å². The lowest BCUT2D eigenvalue weighted by Crippen LogP contribution is -2.29. The Morgan fingerprint density at radius 1 is 0.853 bits per heavy atom. The van der Waals surface area contributed by atoms with Gasteiger partial charge in [-0.15, -0.1) is 0 Å². The standard InChI is InChI=1S/C29H25N3O2/c30-29-31-26-17-22(19-6-2-1-3-7-19)12-14-25(26)28(33)32(29)18-24-13-15-27(34-24)23-11-10-20-8-4-5-9-21(20)16-23/h1-12,14,16-17,24,27H,13,15,18H2,(H2,30,31)/t24-,27+/m1/s1. The largest absolute Gasteiger partial charge is 0.369 e. The third kappa shape index (κ3) is 3.74. The highest BCUT2D eigenvalue weighted by Gasteiger charge is 2.28. The van der Waals surface area contributed by atoms with Crippen molar-refractivity contribution in [3.63, 3.8) is 0 Å². The number of nitrogens with two attached hydrogens (primary N) is 1. The van der Waals surface area contributed by atoms with Crippen molar-refractivity contribution in [2.75, 3.05) is 5.73 Å². The predicted molar refractivity (Wildman–Crippen MR) is 137 cm³/mol. The number of hydrogen-bond donors (Lipinski definition) is 1. The van der Waals surface area contributed by atoms with E-state index in [1.54, 1.807) is 4.57 Å². The monoisotopic (exact) mass is 447 g/mol. The molecule has 5 aromatic rings. The number of fused-ring (bicyclic) bond motifs is 2. The van der Waals surface area contributed by atoms with E-state index in [1.165, 1.54) is 16.3 Å². The van der Waals surface area contributed by atoms with Crippen LogP contribution in [0.1, 0.15) is 24.5 Å². The maximum Gasteiger partial charge on any atom is 0.262 e. The third-order valence-electron chi connectivity index (χ3n) is 6.73. The molecule has 0 amide bonds. The maximum absolute atomic E-state index is 13.3. The smallest absolute Gasteiger partial charge is 0.262 e. The van der Waals surface area contributed by atoms with Crippen LogP contribution in [0.3, 0.4) is 0 Å². The van der Waals surface area contributed by atoms with Crippen LogP contribution in [0.25, 0.3) is 32.8 Å². The summed E-state index contributed by atoms with van der Waals surface area (Å²) in [5.74, 6) is 0.223. The molecular formula is C29H25N3O2. The van der Waals surface area contributed by atoms with Gasteiger partial charge in [-0.25, -0.2) is 4.98 Å². The fourth-order valence-corrected chi connectivity index (χ4v) is 4.92. The van der Waals surface area contributed by atoms with Gasteiger partial charge >= 0.3 is 0 Å². The van der Waals surface area contributed by atoms with E-state index in [0.717, 1.165) is 24.0 Å². The summed E-state index contributed by atoms with van der Waals surface area (Å²) in [7, 11) is 0.